The number of hydrazine groups is 1. The van der Waals surface area contributed by atoms with Crippen molar-refractivity contribution in [1.29, 1.82) is 0 Å². The molecule has 34 heavy (non-hydrogen) atoms. The van der Waals surface area contributed by atoms with Gasteiger partial charge >= 0.3 is 0 Å². The third kappa shape index (κ3) is 5.53. The van der Waals surface area contributed by atoms with Crippen molar-refractivity contribution in [3.8, 4) is 0 Å². The molecule has 182 valence electrons. The first-order chi connectivity index (χ1) is 16.4. The van der Waals surface area contributed by atoms with Gasteiger partial charge in [-0.1, -0.05) is 29.3 Å². The largest absolute Gasteiger partial charge is 0.389 e. The fraction of sp³-hybridized carbons (Fsp3) is 0.348. The number of hydrogen-bond donors (Lipinski definition) is 2. The van der Waals surface area contributed by atoms with Gasteiger partial charge in [0.15, 0.2) is 5.76 Å². The molecule has 9 nitrogen and oxygen atoms in total. The van der Waals surface area contributed by atoms with Crippen LogP contribution in [-0.2, 0) is 30.9 Å². The number of anilines is 1. The molecule has 0 spiro atoms. The molecule has 1 unspecified atom stereocenters. The van der Waals surface area contributed by atoms with Crippen molar-refractivity contribution in [2.45, 2.75) is 36.7 Å². The number of methoxy groups -OCH3 is 1. The molecule has 1 atom stereocenters. The molecule has 0 aliphatic carbocycles. The van der Waals surface area contributed by atoms with Gasteiger partial charge < -0.3 is 14.9 Å². The second kappa shape index (κ2) is 10.7. The average molecular weight is 507 g/mol. The summed E-state index contributed by atoms with van der Waals surface area (Å²) in [5.74, 6) is 0.354. The standard InChI is InChI=1S/C23H27ClN4O5S/c1-32-16-20-15-27(26-33-20)19-9-5-17(6-10-19)14-28(22-4-2-3-13-25-23(22)29)34(30,31)21-11-7-18(24)8-12-21/h5-12,15,22,26H,2-4,13-14,16H2,1H3,(H,25,29). The van der Waals surface area contributed by atoms with E-state index in [0.717, 1.165) is 24.1 Å². The molecule has 11 heteroatoms. The number of carbonyl (C=O) groups excluding carboxylic acids is 1. The lowest BCUT2D eigenvalue weighted by atomic mass is 10.1. The van der Waals surface area contributed by atoms with Gasteiger partial charge in [-0.3, -0.25) is 4.79 Å². The number of amides is 1. The van der Waals surface area contributed by atoms with Crippen LogP contribution in [0, 0.1) is 0 Å². The molecule has 0 bridgehead atoms. The summed E-state index contributed by atoms with van der Waals surface area (Å²) in [5, 5.41) is 4.98. The van der Waals surface area contributed by atoms with Crippen molar-refractivity contribution in [1.82, 2.24) is 15.2 Å². The summed E-state index contributed by atoms with van der Waals surface area (Å²) >= 11 is 5.96. The molecule has 2 aliphatic heterocycles. The van der Waals surface area contributed by atoms with Crippen LogP contribution in [0.1, 0.15) is 24.8 Å². The van der Waals surface area contributed by atoms with E-state index in [2.05, 4.69) is 10.9 Å². The smallest absolute Gasteiger partial charge is 0.244 e. The Morgan fingerprint density at radius 2 is 1.88 bits per heavy atom. The Hall–Kier alpha value is -2.63. The first-order valence-corrected chi connectivity index (χ1v) is 12.8. The average Bonchev–Trinajstić information content (AvgIpc) is 3.19. The summed E-state index contributed by atoms with van der Waals surface area (Å²) in [6.07, 6.45) is 3.80. The molecule has 2 heterocycles. The monoisotopic (exact) mass is 506 g/mol. The summed E-state index contributed by atoms with van der Waals surface area (Å²) in [7, 11) is -2.37. The third-order valence-corrected chi connectivity index (χ3v) is 7.78. The number of halogens is 1. The van der Waals surface area contributed by atoms with E-state index in [1.165, 1.54) is 28.6 Å². The molecule has 0 saturated carbocycles. The van der Waals surface area contributed by atoms with Crippen molar-refractivity contribution in [3.05, 3.63) is 71.1 Å². The highest BCUT2D eigenvalue weighted by atomic mass is 35.5. The van der Waals surface area contributed by atoms with Gasteiger partial charge in [-0.25, -0.2) is 13.4 Å². The first kappa shape index (κ1) is 24.5. The fourth-order valence-electron chi connectivity index (χ4n) is 3.89. The lowest BCUT2D eigenvalue weighted by Gasteiger charge is -2.29. The summed E-state index contributed by atoms with van der Waals surface area (Å²) in [5.41, 5.74) is 4.32. The SMILES string of the molecule is COCC1=CN(c2ccc(CN(C3CCCCNC3=O)S(=O)(=O)c3ccc(Cl)cc3)cc2)NO1. The molecule has 0 radical (unpaired) electrons. The predicted molar refractivity (Wildman–Crippen MR) is 128 cm³/mol. The van der Waals surface area contributed by atoms with Crippen LogP contribution < -0.4 is 15.9 Å². The highest BCUT2D eigenvalue weighted by Gasteiger charge is 2.36. The van der Waals surface area contributed by atoms with Gasteiger partial charge in [-0.15, -0.1) is 0 Å². The van der Waals surface area contributed by atoms with E-state index < -0.39 is 16.1 Å². The molecule has 0 aromatic heterocycles. The molecule has 2 N–H and O–H groups in total. The number of nitrogens with zero attached hydrogens (tertiary/aromatic N) is 2. The summed E-state index contributed by atoms with van der Waals surface area (Å²) in [6.45, 7) is 0.933. The Balaban J connectivity index is 1.61. The Kier molecular flexibility index (Phi) is 7.74. The Morgan fingerprint density at radius 3 is 2.59 bits per heavy atom. The van der Waals surface area contributed by atoms with Crippen molar-refractivity contribution in [2.24, 2.45) is 0 Å². The Bertz CT molecular complexity index is 1140. The van der Waals surface area contributed by atoms with Gasteiger partial charge in [-0.05, 0) is 61.2 Å². The van der Waals surface area contributed by atoms with E-state index in [9.17, 15) is 13.2 Å². The van der Waals surface area contributed by atoms with Gasteiger partial charge in [0.1, 0.15) is 12.6 Å². The second-order valence-corrected chi connectivity index (χ2v) is 10.4. The zero-order valence-corrected chi connectivity index (χ0v) is 20.3. The van der Waals surface area contributed by atoms with E-state index in [0.29, 0.717) is 30.4 Å². The molecule has 1 amide bonds. The number of rotatable bonds is 8. The van der Waals surface area contributed by atoms with Crippen LogP contribution >= 0.6 is 11.6 Å². The molecule has 4 rings (SSSR count). The molecular weight excluding hydrogens is 480 g/mol. The van der Waals surface area contributed by atoms with Crippen molar-refractivity contribution in [2.75, 3.05) is 25.3 Å². The predicted octanol–water partition coefficient (Wildman–Crippen LogP) is 2.94. The quantitative estimate of drug-likeness (QED) is 0.567. The minimum Gasteiger partial charge on any atom is -0.389 e. The normalized spacial score (nSPS) is 18.9. The minimum atomic E-state index is -3.96. The Morgan fingerprint density at radius 1 is 1.15 bits per heavy atom. The van der Waals surface area contributed by atoms with E-state index in [4.69, 9.17) is 21.2 Å². The first-order valence-electron chi connectivity index (χ1n) is 10.9. The van der Waals surface area contributed by atoms with E-state index in [-0.39, 0.29) is 17.3 Å². The van der Waals surface area contributed by atoms with Crippen LogP contribution in [0.4, 0.5) is 5.69 Å². The lowest BCUT2D eigenvalue weighted by Crippen LogP contribution is -2.48. The van der Waals surface area contributed by atoms with Crippen LogP contribution in [0.2, 0.25) is 5.02 Å². The Labute approximate surface area is 204 Å². The maximum Gasteiger partial charge on any atom is 0.244 e. The maximum absolute atomic E-state index is 13.6. The van der Waals surface area contributed by atoms with Crippen LogP contribution in [0.5, 0.6) is 0 Å². The van der Waals surface area contributed by atoms with Crippen LogP contribution in [0.3, 0.4) is 0 Å². The number of carbonyl (C=O) groups is 1. The molecule has 1 fully saturated rings. The van der Waals surface area contributed by atoms with Crippen LogP contribution in [0.15, 0.2) is 65.4 Å². The van der Waals surface area contributed by atoms with Crippen molar-refractivity contribution in [3.63, 3.8) is 0 Å². The number of ether oxygens (including phenoxy) is 1. The van der Waals surface area contributed by atoms with Gasteiger partial charge in [0.25, 0.3) is 0 Å². The molecule has 2 aromatic carbocycles. The molecule has 2 aromatic rings. The van der Waals surface area contributed by atoms with Gasteiger partial charge in [0.05, 0.1) is 16.8 Å². The number of benzene rings is 2. The third-order valence-electron chi connectivity index (χ3n) is 5.66. The van der Waals surface area contributed by atoms with Crippen molar-refractivity contribution < 1.29 is 22.8 Å². The van der Waals surface area contributed by atoms with E-state index >= 15 is 0 Å². The number of hydrogen-bond acceptors (Lipinski definition) is 7. The highest BCUT2D eigenvalue weighted by Crippen LogP contribution is 2.27. The summed E-state index contributed by atoms with van der Waals surface area (Å²) < 4.78 is 33.6. The lowest BCUT2D eigenvalue weighted by molar-refractivity contribution is -0.124. The number of sulfonamides is 1. The van der Waals surface area contributed by atoms with E-state index in [1.54, 1.807) is 18.3 Å². The number of nitrogens with one attached hydrogen (secondary N) is 2. The van der Waals surface area contributed by atoms with E-state index in [1.807, 2.05) is 24.3 Å². The zero-order chi connectivity index (χ0) is 24.1. The molecule has 2 aliphatic rings. The van der Waals surface area contributed by atoms with Gasteiger partial charge in [0.2, 0.25) is 15.9 Å². The van der Waals surface area contributed by atoms with Gasteiger partial charge in [-0.2, -0.15) is 4.31 Å². The minimum absolute atomic E-state index is 0.0536. The topological polar surface area (TPSA) is 100 Å². The van der Waals surface area contributed by atoms with Gasteiger partial charge in [0, 0.05) is 25.2 Å². The molecular formula is C23H27ClN4O5S. The summed E-state index contributed by atoms with van der Waals surface area (Å²) in [6, 6.07) is 12.6. The highest BCUT2D eigenvalue weighted by molar-refractivity contribution is 7.89. The van der Waals surface area contributed by atoms with Crippen LogP contribution in [0.25, 0.3) is 0 Å². The summed E-state index contributed by atoms with van der Waals surface area (Å²) in [4.78, 5) is 18.2. The van der Waals surface area contributed by atoms with Crippen molar-refractivity contribution >= 4 is 33.2 Å². The van der Waals surface area contributed by atoms with Crippen LogP contribution in [-0.4, -0.2) is 44.9 Å². The maximum atomic E-state index is 13.6. The second-order valence-electron chi connectivity index (χ2n) is 8.07. The molecule has 1 saturated heterocycles. The zero-order valence-electron chi connectivity index (χ0n) is 18.7. The fourth-order valence-corrected chi connectivity index (χ4v) is 5.62.